The quantitative estimate of drug-likeness (QED) is 0.617. The first-order chi connectivity index (χ1) is 8.70. The second kappa shape index (κ2) is 5.93. The summed E-state index contributed by atoms with van der Waals surface area (Å²) >= 11 is 0. The van der Waals surface area contributed by atoms with Gasteiger partial charge in [0.25, 0.3) is 5.69 Å². The fraction of sp³-hybridized carbons (Fsp3) is 0.538. The molecule has 0 bridgehead atoms. The summed E-state index contributed by atoms with van der Waals surface area (Å²) in [6.45, 7) is 1.26. The first-order valence-corrected chi connectivity index (χ1v) is 6.24. The summed E-state index contributed by atoms with van der Waals surface area (Å²) in [7, 11) is 0. The minimum absolute atomic E-state index is 0.176. The second-order valence-electron chi connectivity index (χ2n) is 4.70. The maximum atomic E-state index is 10.8. The molecule has 5 heteroatoms. The molecule has 1 fully saturated rings. The number of ether oxygens (including phenoxy) is 1. The molecule has 2 rings (SSSR count). The van der Waals surface area contributed by atoms with Crippen LogP contribution < -0.4 is 5.73 Å². The molecule has 1 saturated carbocycles. The predicted molar refractivity (Wildman–Crippen MR) is 68.3 cm³/mol. The van der Waals surface area contributed by atoms with E-state index >= 15 is 0 Å². The monoisotopic (exact) mass is 250 g/mol. The van der Waals surface area contributed by atoms with Crippen molar-refractivity contribution in [3.63, 3.8) is 0 Å². The van der Waals surface area contributed by atoms with Crippen LogP contribution in [0.5, 0.6) is 0 Å². The van der Waals surface area contributed by atoms with Crippen LogP contribution in [0.25, 0.3) is 0 Å². The van der Waals surface area contributed by atoms with Crippen molar-refractivity contribution >= 4 is 5.69 Å². The lowest BCUT2D eigenvalue weighted by Gasteiger charge is -2.34. The summed E-state index contributed by atoms with van der Waals surface area (Å²) in [6, 6.07) is 6.81. The van der Waals surface area contributed by atoms with Crippen molar-refractivity contribution in [2.45, 2.75) is 25.4 Å². The van der Waals surface area contributed by atoms with Gasteiger partial charge in [-0.15, -0.1) is 0 Å². The van der Waals surface area contributed by atoms with Crippen molar-refractivity contribution in [1.29, 1.82) is 0 Å². The fourth-order valence-electron chi connectivity index (χ4n) is 2.24. The SMILES string of the molecule is NCC1CC(OCCc2ccccc2[N+](=O)[O-])C1. The first-order valence-electron chi connectivity index (χ1n) is 6.24. The zero-order valence-electron chi connectivity index (χ0n) is 10.2. The van der Waals surface area contributed by atoms with Gasteiger partial charge in [0.2, 0.25) is 0 Å². The Kier molecular flexibility index (Phi) is 4.28. The Labute approximate surface area is 106 Å². The highest BCUT2D eigenvalue weighted by Crippen LogP contribution is 2.29. The first kappa shape index (κ1) is 13.0. The van der Waals surface area contributed by atoms with E-state index in [-0.39, 0.29) is 10.6 Å². The summed E-state index contributed by atoms with van der Waals surface area (Å²) in [4.78, 5) is 10.5. The highest BCUT2D eigenvalue weighted by atomic mass is 16.6. The molecule has 0 saturated heterocycles. The van der Waals surface area contributed by atoms with E-state index < -0.39 is 0 Å². The molecule has 98 valence electrons. The molecule has 1 aromatic carbocycles. The largest absolute Gasteiger partial charge is 0.378 e. The van der Waals surface area contributed by atoms with Gasteiger partial charge in [-0.25, -0.2) is 0 Å². The number of hydrogen-bond donors (Lipinski definition) is 1. The van der Waals surface area contributed by atoms with E-state index in [1.807, 2.05) is 6.07 Å². The molecular formula is C13H18N2O3. The lowest BCUT2D eigenvalue weighted by Crippen LogP contribution is -2.36. The van der Waals surface area contributed by atoms with E-state index in [4.69, 9.17) is 10.5 Å². The third kappa shape index (κ3) is 3.05. The smallest absolute Gasteiger partial charge is 0.272 e. The van der Waals surface area contributed by atoms with Gasteiger partial charge in [0.05, 0.1) is 17.6 Å². The number of para-hydroxylation sites is 1. The summed E-state index contributed by atoms with van der Waals surface area (Å²) < 4.78 is 5.67. The van der Waals surface area contributed by atoms with Gasteiger partial charge in [-0.05, 0) is 25.3 Å². The van der Waals surface area contributed by atoms with Gasteiger partial charge in [-0.3, -0.25) is 10.1 Å². The lowest BCUT2D eigenvalue weighted by molar-refractivity contribution is -0.385. The second-order valence-corrected chi connectivity index (χ2v) is 4.70. The average Bonchev–Trinajstić information content (AvgIpc) is 2.32. The molecule has 0 amide bonds. The van der Waals surface area contributed by atoms with Gasteiger partial charge in [0.1, 0.15) is 0 Å². The Balaban J connectivity index is 1.78. The predicted octanol–water partition coefficient (Wildman–Crippen LogP) is 1.89. The molecule has 0 heterocycles. The molecule has 2 N–H and O–H groups in total. The molecule has 0 atom stereocenters. The zero-order valence-corrected chi connectivity index (χ0v) is 10.2. The molecule has 0 radical (unpaired) electrons. The highest BCUT2D eigenvalue weighted by Gasteiger charge is 2.28. The van der Waals surface area contributed by atoms with Crippen LogP contribution in [0, 0.1) is 16.0 Å². The Morgan fingerprint density at radius 3 is 2.78 bits per heavy atom. The van der Waals surface area contributed by atoms with Crippen molar-refractivity contribution in [3.05, 3.63) is 39.9 Å². The topological polar surface area (TPSA) is 78.4 Å². The summed E-state index contributed by atoms with van der Waals surface area (Å²) in [6.07, 6.45) is 2.92. The average molecular weight is 250 g/mol. The van der Waals surface area contributed by atoms with Gasteiger partial charge in [0, 0.05) is 18.1 Å². The Morgan fingerprint density at radius 2 is 2.11 bits per heavy atom. The van der Waals surface area contributed by atoms with Gasteiger partial charge in [-0.1, -0.05) is 18.2 Å². The Bertz CT molecular complexity index is 416. The lowest BCUT2D eigenvalue weighted by atomic mass is 9.82. The van der Waals surface area contributed by atoms with E-state index in [1.54, 1.807) is 12.1 Å². The fourth-order valence-corrected chi connectivity index (χ4v) is 2.24. The van der Waals surface area contributed by atoms with Gasteiger partial charge in [0.15, 0.2) is 0 Å². The standard InChI is InChI=1S/C13H18N2O3/c14-9-10-7-12(8-10)18-6-5-11-3-1-2-4-13(11)15(16)17/h1-4,10,12H,5-9,14H2. The van der Waals surface area contributed by atoms with Gasteiger partial charge >= 0.3 is 0 Å². The van der Waals surface area contributed by atoms with Crippen LogP contribution in [-0.4, -0.2) is 24.2 Å². The van der Waals surface area contributed by atoms with E-state index in [0.29, 0.717) is 25.0 Å². The minimum Gasteiger partial charge on any atom is -0.378 e. The summed E-state index contributed by atoms with van der Waals surface area (Å²) in [5.41, 5.74) is 6.45. The number of nitrogens with zero attached hydrogens (tertiary/aromatic N) is 1. The van der Waals surface area contributed by atoms with Crippen LogP contribution in [0.2, 0.25) is 0 Å². The van der Waals surface area contributed by atoms with Crippen LogP contribution in [-0.2, 0) is 11.2 Å². The Morgan fingerprint density at radius 1 is 1.39 bits per heavy atom. The van der Waals surface area contributed by atoms with Gasteiger partial charge in [-0.2, -0.15) is 0 Å². The molecular weight excluding hydrogens is 232 g/mol. The third-order valence-corrected chi connectivity index (χ3v) is 3.44. The summed E-state index contributed by atoms with van der Waals surface area (Å²) in [5.74, 6) is 0.598. The number of rotatable bonds is 6. The number of nitro benzene ring substituents is 1. The van der Waals surface area contributed by atoms with Crippen molar-refractivity contribution in [1.82, 2.24) is 0 Å². The van der Waals surface area contributed by atoms with E-state index in [1.165, 1.54) is 6.07 Å². The molecule has 1 aliphatic carbocycles. The van der Waals surface area contributed by atoms with Crippen molar-refractivity contribution in [2.24, 2.45) is 11.7 Å². The maximum absolute atomic E-state index is 10.8. The number of hydrogen-bond acceptors (Lipinski definition) is 4. The highest BCUT2D eigenvalue weighted by molar-refractivity contribution is 5.39. The van der Waals surface area contributed by atoms with E-state index in [2.05, 4.69) is 0 Å². The molecule has 1 aliphatic rings. The van der Waals surface area contributed by atoms with Crippen LogP contribution in [0.4, 0.5) is 5.69 Å². The molecule has 0 aromatic heterocycles. The molecule has 0 unspecified atom stereocenters. The summed E-state index contributed by atoms with van der Waals surface area (Å²) in [5, 5.41) is 10.8. The third-order valence-electron chi connectivity index (χ3n) is 3.44. The number of nitro groups is 1. The van der Waals surface area contributed by atoms with Crippen LogP contribution in [0.3, 0.4) is 0 Å². The van der Waals surface area contributed by atoms with Crippen molar-refractivity contribution in [3.8, 4) is 0 Å². The van der Waals surface area contributed by atoms with Crippen LogP contribution in [0.15, 0.2) is 24.3 Å². The number of benzene rings is 1. The molecule has 0 spiro atoms. The van der Waals surface area contributed by atoms with Crippen molar-refractivity contribution < 1.29 is 9.66 Å². The number of nitrogens with two attached hydrogens (primary N) is 1. The molecule has 1 aromatic rings. The maximum Gasteiger partial charge on any atom is 0.272 e. The molecule has 18 heavy (non-hydrogen) atoms. The zero-order chi connectivity index (χ0) is 13.0. The van der Waals surface area contributed by atoms with Crippen LogP contribution >= 0.6 is 0 Å². The van der Waals surface area contributed by atoms with Crippen molar-refractivity contribution in [2.75, 3.05) is 13.2 Å². The Hall–Kier alpha value is -1.46. The minimum atomic E-state index is -0.344. The normalized spacial score (nSPS) is 22.5. The van der Waals surface area contributed by atoms with Gasteiger partial charge < -0.3 is 10.5 Å². The molecule has 5 nitrogen and oxygen atoms in total. The van der Waals surface area contributed by atoms with Crippen LogP contribution in [0.1, 0.15) is 18.4 Å². The van der Waals surface area contributed by atoms with E-state index in [9.17, 15) is 10.1 Å². The molecule has 0 aliphatic heterocycles. The van der Waals surface area contributed by atoms with E-state index in [0.717, 1.165) is 24.9 Å².